The average molecular weight is 264 g/mol. The molecule has 0 aliphatic carbocycles. The topological polar surface area (TPSA) is 29.3 Å². The number of anilines is 2. The molecule has 0 saturated carbocycles. The van der Waals surface area contributed by atoms with Gasteiger partial charge in [0.05, 0.1) is 11.4 Å². The second kappa shape index (κ2) is 4.72. The smallest absolute Gasteiger partial charge is 0.0696 e. The van der Waals surface area contributed by atoms with E-state index in [1.807, 2.05) is 30.1 Å². The zero-order chi connectivity index (χ0) is 9.84. The van der Waals surface area contributed by atoms with E-state index in [0.29, 0.717) is 5.88 Å². The lowest BCUT2D eigenvalue weighted by atomic mass is 10.2. The molecule has 4 heteroatoms. The Labute approximate surface area is 91.8 Å². The van der Waals surface area contributed by atoms with Crippen molar-refractivity contribution < 1.29 is 0 Å². The molecule has 0 saturated heterocycles. The van der Waals surface area contributed by atoms with Crippen LogP contribution in [-0.2, 0) is 0 Å². The summed E-state index contributed by atoms with van der Waals surface area (Å²) in [6.07, 6.45) is 0. The molecule has 0 heterocycles. The minimum atomic E-state index is 0.600. The van der Waals surface area contributed by atoms with Crippen LogP contribution in [0.5, 0.6) is 0 Å². The molecule has 0 fully saturated rings. The third-order valence-electron chi connectivity index (χ3n) is 1.86. The Morgan fingerprint density at radius 3 is 2.85 bits per heavy atom. The normalized spacial score (nSPS) is 10.1. The second-order valence-corrected chi connectivity index (χ2v) is 4.02. The molecule has 0 aliphatic heterocycles. The lowest BCUT2D eigenvalue weighted by Crippen LogP contribution is -2.20. The lowest BCUT2D eigenvalue weighted by molar-refractivity contribution is 0.975. The zero-order valence-corrected chi connectivity index (χ0v) is 9.77. The van der Waals surface area contributed by atoms with Crippen LogP contribution in [0.3, 0.4) is 0 Å². The summed E-state index contributed by atoms with van der Waals surface area (Å²) in [5.74, 6) is 0.600. The summed E-state index contributed by atoms with van der Waals surface area (Å²) in [6.45, 7) is 0.794. The van der Waals surface area contributed by atoms with E-state index in [2.05, 4.69) is 15.9 Å². The zero-order valence-electron chi connectivity index (χ0n) is 7.43. The van der Waals surface area contributed by atoms with Crippen LogP contribution < -0.4 is 10.6 Å². The minimum absolute atomic E-state index is 0.600. The van der Waals surface area contributed by atoms with Crippen molar-refractivity contribution in [1.29, 1.82) is 0 Å². The minimum Gasteiger partial charge on any atom is -0.396 e. The van der Waals surface area contributed by atoms with Crippen molar-refractivity contribution >= 4 is 38.9 Å². The molecule has 0 spiro atoms. The van der Waals surface area contributed by atoms with E-state index in [0.717, 1.165) is 22.4 Å². The maximum absolute atomic E-state index is 5.88. The van der Waals surface area contributed by atoms with Gasteiger partial charge in [0.2, 0.25) is 0 Å². The van der Waals surface area contributed by atoms with Crippen LogP contribution in [0, 0.1) is 0 Å². The van der Waals surface area contributed by atoms with Crippen LogP contribution in [0.15, 0.2) is 22.7 Å². The summed E-state index contributed by atoms with van der Waals surface area (Å²) >= 11 is 9.03. The second-order valence-electron chi connectivity index (χ2n) is 2.78. The first-order valence-electron chi connectivity index (χ1n) is 3.98. The predicted molar refractivity (Wildman–Crippen MR) is 62.5 cm³/mol. The van der Waals surface area contributed by atoms with Gasteiger partial charge in [-0.25, -0.2) is 0 Å². The van der Waals surface area contributed by atoms with Gasteiger partial charge in [-0.15, -0.1) is 11.6 Å². The van der Waals surface area contributed by atoms with Crippen LogP contribution in [0.1, 0.15) is 0 Å². The molecule has 2 N–H and O–H groups in total. The van der Waals surface area contributed by atoms with E-state index in [-0.39, 0.29) is 0 Å². The first-order valence-corrected chi connectivity index (χ1v) is 5.30. The molecule has 0 bridgehead atoms. The first-order chi connectivity index (χ1) is 6.16. The van der Waals surface area contributed by atoms with Crippen LogP contribution in [-0.4, -0.2) is 19.5 Å². The molecule has 0 aliphatic rings. The average Bonchev–Trinajstić information content (AvgIpc) is 2.10. The van der Waals surface area contributed by atoms with Gasteiger partial charge in [-0.05, 0) is 28.1 Å². The van der Waals surface area contributed by atoms with Crippen LogP contribution in [0.25, 0.3) is 0 Å². The molecule has 0 aromatic heterocycles. The SMILES string of the molecule is CN(CCCl)c1cccc(Br)c1N. The van der Waals surface area contributed by atoms with Crippen molar-refractivity contribution in [1.82, 2.24) is 0 Å². The number of nitrogens with two attached hydrogens (primary N) is 1. The van der Waals surface area contributed by atoms with E-state index in [1.165, 1.54) is 0 Å². The lowest BCUT2D eigenvalue weighted by Gasteiger charge is -2.20. The van der Waals surface area contributed by atoms with E-state index < -0.39 is 0 Å². The van der Waals surface area contributed by atoms with Gasteiger partial charge in [-0.1, -0.05) is 6.07 Å². The molecule has 1 rings (SSSR count). The van der Waals surface area contributed by atoms with Crippen molar-refractivity contribution in [2.24, 2.45) is 0 Å². The third kappa shape index (κ3) is 2.51. The fourth-order valence-corrected chi connectivity index (χ4v) is 1.72. The van der Waals surface area contributed by atoms with Gasteiger partial charge in [0.15, 0.2) is 0 Å². The van der Waals surface area contributed by atoms with E-state index in [4.69, 9.17) is 17.3 Å². The highest BCUT2D eigenvalue weighted by Gasteiger charge is 2.06. The summed E-state index contributed by atoms with van der Waals surface area (Å²) in [5, 5.41) is 0. The number of benzene rings is 1. The number of nitrogen functional groups attached to an aromatic ring is 1. The predicted octanol–water partition coefficient (Wildman–Crippen LogP) is 2.71. The van der Waals surface area contributed by atoms with Gasteiger partial charge < -0.3 is 10.6 Å². The molecule has 0 unspecified atom stereocenters. The number of rotatable bonds is 3. The van der Waals surface area contributed by atoms with E-state index in [1.54, 1.807) is 0 Å². The monoisotopic (exact) mass is 262 g/mol. The van der Waals surface area contributed by atoms with Gasteiger partial charge in [-0.3, -0.25) is 0 Å². The summed E-state index contributed by atoms with van der Waals surface area (Å²) in [5.41, 5.74) is 7.65. The largest absolute Gasteiger partial charge is 0.396 e. The van der Waals surface area contributed by atoms with Gasteiger partial charge in [-0.2, -0.15) is 0 Å². The molecule has 72 valence electrons. The Hall–Kier alpha value is -0.410. The fourth-order valence-electron chi connectivity index (χ4n) is 1.11. The molecule has 0 atom stereocenters. The Bertz CT molecular complexity index is 291. The molecule has 1 aromatic carbocycles. The Kier molecular flexibility index (Phi) is 3.88. The molecule has 2 nitrogen and oxygen atoms in total. The van der Waals surface area contributed by atoms with Crippen LogP contribution in [0.2, 0.25) is 0 Å². The Morgan fingerprint density at radius 1 is 1.54 bits per heavy atom. The van der Waals surface area contributed by atoms with Crippen molar-refractivity contribution in [3.05, 3.63) is 22.7 Å². The van der Waals surface area contributed by atoms with Crippen molar-refractivity contribution in [3.63, 3.8) is 0 Å². The highest BCUT2D eigenvalue weighted by atomic mass is 79.9. The number of para-hydroxylation sites is 1. The quantitative estimate of drug-likeness (QED) is 0.671. The van der Waals surface area contributed by atoms with Crippen molar-refractivity contribution in [3.8, 4) is 0 Å². The molecule has 0 radical (unpaired) electrons. The van der Waals surface area contributed by atoms with Gasteiger partial charge >= 0.3 is 0 Å². The highest BCUT2D eigenvalue weighted by molar-refractivity contribution is 9.10. The van der Waals surface area contributed by atoms with Crippen molar-refractivity contribution in [2.45, 2.75) is 0 Å². The number of hydrogen-bond acceptors (Lipinski definition) is 2. The van der Waals surface area contributed by atoms with Gasteiger partial charge in [0.25, 0.3) is 0 Å². The molecule has 13 heavy (non-hydrogen) atoms. The number of alkyl halides is 1. The number of hydrogen-bond donors (Lipinski definition) is 1. The van der Waals surface area contributed by atoms with E-state index in [9.17, 15) is 0 Å². The maximum Gasteiger partial charge on any atom is 0.0696 e. The summed E-state index contributed by atoms with van der Waals surface area (Å²) in [7, 11) is 1.97. The van der Waals surface area contributed by atoms with Gasteiger partial charge in [0.1, 0.15) is 0 Å². The first kappa shape index (κ1) is 10.7. The van der Waals surface area contributed by atoms with Crippen LogP contribution in [0.4, 0.5) is 11.4 Å². The Balaban J connectivity index is 2.93. The summed E-state index contributed by atoms with van der Waals surface area (Å²) < 4.78 is 0.923. The van der Waals surface area contributed by atoms with Crippen molar-refractivity contribution in [2.75, 3.05) is 30.1 Å². The summed E-state index contributed by atoms with van der Waals surface area (Å²) in [4.78, 5) is 2.03. The highest BCUT2D eigenvalue weighted by Crippen LogP contribution is 2.29. The van der Waals surface area contributed by atoms with Gasteiger partial charge in [0, 0.05) is 23.9 Å². The summed E-state index contributed by atoms with van der Waals surface area (Å²) in [6, 6.07) is 5.86. The molecule has 0 amide bonds. The maximum atomic E-state index is 5.88. The molecular weight excluding hydrogens is 251 g/mol. The van der Waals surface area contributed by atoms with E-state index >= 15 is 0 Å². The standard InChI is InChI=1S/C9H12BrClN2/c1-13(6-5-11)8-4-2-3-7(10)9(8)12/h2-4H,5-6,12H2,1H3. The Morgan fingerprint density at radius 2 is 2.23 bits per heavy atom. The number of nitrogens with zero attached hydrogens (tertiary/aromatic N) is 1. The number of halogens is 2. The molecule has 1 aromatic rings. The third-order valence-corrected chi connectivity index (χ3v) is 2.72. The fraction of sp³-hybridized carbons (Fsp3) is 0.333. The van der Waals surface area contributed by atoms with Crippen LogP contribution >= 0.6 is 27.5 Å². The molecular formula is C9H12BrClN2.